The molecule has 4 N–H and O–H groups in total. The number of rotatable bonds is 7. The van der Waals surface area contributed by atoms with Crippen molar-refractivity contribution in [2.75, 3.05) is 13.7 Å². The van der Waals surface area contributed by atoms with Crippen molar-refractivity contribution in [3.63, 3.8) is 0 Å². The minimum absolute atomic E-state index is 0.138. The summed E-state index contributed by atoms with van der Waals surface area (Å²) >= 11 is 0. The molecule has 0 aromatic heterocycles. The van der Waals surface area contributed by atoms with Crippen LogP contribution in [-0.2, 0) is 24.8 Å². The second kappa shape index (κ2) is 6.49. The van der Waals surface area contributed by atoms with E-state index in [1.807, 2.05) is 0 Å². The Morgan fingerprint density at radius 3 is 1.86 bits per heavy atom. The minimum Gasteiger partial charge on any atom is -0.480 e. The summed E-state index contributed by atoms with van der Waals surface area (Å²) in [5, 5.41) is 17.5. The van der Waals surface area contributed by atoms with Gasteiger partial charge >= 0.3 is 5.97 Å². The molecule has 0 aliphatic rings. The van der Waals surface area contributed by atoms with Gasteiger partial charge < -0.3 is 10.2 Å². The number of nitrogens with one attached hydrogen (secondary N) is 2. The highest BCUT2D eigenvalue weighted by Crippen LogP contribution is 2.14. The summed E-state index contributed by atoms with van der Waals surface area (Å²) in [6.07, 6.45) is 0. The highest BCUT2D eigenvalue weighted by molar-refractivity contribution is 7.90. The van der Waals surface area contributed by atoms with Gasteiger partial charge in [0.2, 0.25) is 20.0 Å². The summed E-state index contributed by atoms with van der Waals surface area (Å²) in [4.78, 5) is 10.2. The summed E-state index contributed by atoms with van der Waals surface area (Å²) in [7, 11) is -6.68. The molecule has 0 fully saturated rings. The van der Waals surface area contributed by atoms with Crippen molar-refractivity contribution in [3.8, 4) is 0 Å². The highest BCUT2D eigenvalue weighted by Gasteiger charge is 2.25. The highest BCUT2D eigenvalue weighted by atomic mass is 32.2. The van der Waals surface area contributed by atoms with Crippen molar-refractivity contribution >= 4 is 26.0 Å². The zero-order chi connectivity index (χ0) is 16.3. The Balaban J connectivity index is 3.09. The molecule has 1 atom stereocenters. The minimum atomic E-state index is -4.19. The van der Waals surface area contributed by atoms with Crippen LogP contribution in [0.5, 0.6) is 0 Å². The maximum absolute atomic E-state index is 11.9. The van der Waals surface area contributed by atoms with Gasteiger partial charge in [0.15, 0.2) is 0 Å². The lowest BCUT2D eigenvalue weighted by atomic mass is 10.3. The van der Waals surface area contributed by atoms with E-state index in [-0.39, 0.29) is 9.79 Å². The van der Waals surface area contributed by atoms with Crippen LogP contribution in [0.15, 0.2) is 34.1 Å². The van der Waals surface area contributed by atoms with Crippen molar-refractivity contribution < 1.29 is 31.8 Å². The standard InChI is InChI=1S/C10H14N2O7S2/c1-11-20(16,17)7-2-4-8(5-3-7)21(18,19)12-9(6-13)10(14)15/h2-5,9,11-13H,6H2,1H3,(H,14,15)/t9-/m0/s1. The number of hydrogen-bond donors (Lipinski definition) is 4. The molecule has 0 heterocycles. The van der Waals surface area contributed by atoms with E-state index in [0.29, 0.717) is 0 Å². The number of carbonyl (C=O) groups is 1. The third kappa shape index (κ3) is 4.22. The molecule has 0 saturated heterocycles. The van der Waals surface area contributed by atoms with E-state index in [0.717, 1.165) is 24.3 Å². The van der Waals surface area contributed by atoms with E-state index >= 15 is 0 Å². The lowest BCUT2D eigenvalue weighted by molar-refractivity contribution is -0.139. The number of benzene rings is 1. The Labute approximate surface area is 121 Å². The molecule has 0 bridgehead atoms. The number of aliphatic carboxylic acids is 1. The largest absolute Gasteiger partial charge is 0.480 e. The van der Waals surface area contributed by atoms with Gasteiger partial charge in [-0.15, -0.1) is 0 Å². The van der Waals surface area contributed by atoms with Crippen LogP contribution in [0.2, 0.25) is 0 Å². The van der Waals surface area contributed by atoms with Gasteiger partial charge in [-0.05, 0) is 31.3 Å². The first-order valence-corrected chi connectivity index (χ1v) is 8.50. The lowest BCUT2D eigenvalue weighted by Gasteiger charge is -2.12. The molecular formula is C10H14N2O7S2. The molecule has 11 heteroatoms. The normalized spacial score (nSPS) is 13.8. The Morgan fingerprint density at radius 2 is 1.52 bits per heavy atom. The third-order valence-electron chi connectivity index (χ3n) is 2.49. The summed E-state index contributed by atoms with van der Waals surface area (Å²) in [5.41, 5.74) is 0. The lowest BCUT2D eigenvalue weighted by Crippen LogP contribution is -2.43. The molecule has 1 aromatic carbocycles. The summed E-state index contributed by atoms with van der Waals surface area (Å²) in [5.74, 6) is -1.53. The Kier molecular flexibility index (Phi) is 5.42. The van der Waals surface area contributed by atoms with Crippen molar-refractivity contribution in [1.29, 1.82) is 0 Å². The van der Waals surface area contributed by atoms with Gasteiger partial charge in [-0.1, -0.05) is 0 Å². The number of aliphatic hydroxyl groups is 1. The fraction of sp³-hybridized carbons (Fsp3) is 0.300. The van der Waals surface area contributed by atoms with E-state index in [2.05, 4.69) is 4.72 Å². The predicted molar refractivity (Wildman–Crippen MR) is 71.5 cm³/mol. The molecule has 1 aromatic rings. The molecular weight excluding hydrogens is 324 g/mol. The molecule has 21 heavy (non-hydrogen) atoms. The van der Waals surface area contributed by atoms with Crippen LogP contribution in [0.3, 0.4) is 0 Å². The Bertz CT molecular complexity index is 710. The molecule has 9 nitrogen and oxygen atoms in total. The third-order valence-corrected chi connectivity index (χ3v) is 5.41. The maximum atomic E-state index is 11.9. The summed E-state index contributed by atoms with van der Waals surface area (Å²) in [6, 6.07) is 2.48. The molecule has 0 amide bonds. The fourth-order valence-electron chi connectivity index (χ4n) is 1.34. The van der Waals surface area contributed by atoms with Crippen molar-refractivity contribution in [2.24, 2.45) is 0 Å². The first kappa shape index (κ1) is 17.5. The van der Waals surface area contributed by atoms with E-state index < -0.39 is 38.7 Å². The van der Waals surface area contributed by atoms with E-state index in [1.165, 1.54) is 7.05 Å². The number of aliphatic hydroxyl groups excluding tert-OH is 1. The summed E-state index contributed by atoms with van der Waals surface area (Å²) in [6.45, 7) is -0.916. The smallest absolute Gasteiger partial charge is 0.324 e. The van der Waals surface area contributed by atoms with Gasteiger partial charge in [-0.3, -0.25) is 4.79 Å². The zero-order valence-corrected chi connectivity index (χ0v) is 12.5. The van der Waals surface area contributed by atoms with Crippen LogP contribution in [0.25, 0.3) is 0 Å². The van der Waals surface area contributed by atoms with Crippen LogP contribution in [0, 0.1) is 0 Å². The number of hydrogen-bond acceptors (Lipinski definition) is 6. The van der Waals surface area contributed by atoms with Crippen molar-refractivity contribution in [3.05, 3.63) is 24.3 Å². The average molecular weight is 338 g/mol. The number of carboxylic acids is 1. The van der Waals surface area contributed by atoms with Crippen LogP contribution < -0.4 is 9.44 Å². The SMILES string of the molecule is CNS(=O)(=O)c1ccc(S(=O)(=O)N[C@@H](CO)C(=O)O)cc1. The summed E-state index contributed by atoms with van der Waals surface area (Å²) < 4.78 is 50.6. The molecule has 0 radical (unpaired) electrons. The van der Waals surface area contributed by atoms with Gasteiger partial charge in [0.25, 0.3) is 0 Å². The molecule has 1 rings (SSSR count). The van der Waals surface area contributed by atoms with Gasteiger partial charge in [0.05, 0.1) is 16.4 Å². The van der Waals surface area contributed by atoms with Crippen molar-refractivity contribution in [2.45, 2.75) is 15.8 Å². The number of carboxylic acid groups (broad SMARTS) is 1. The van der Waals surface area contributed by atoms with E-state index in [4.69, 9.17) is 10.2 Å². The van der Waals surface area contributed by atoms with Crippen LogP contribution in [0.1, 0.15) is 0 Å². The van der Waals surface area contributed by atoms with Crippen molar-refractivity contribution in [1.82, 2.24) is 9.44 Å². The van der Waals surface area contributed by atoms with E-state index in [1.54, 1.807) is 4.72 Å². The van der Waals surface area contributed by atoms with Gasteiger partial charge in [0, 0.05) is 0 Å². The first-order chi connectivity index (χ1) is 9.64. The predicted octanol–water partition coefficient (Wildman–Crippen LogP) is -1.68. The average Bonchev–Trinajstić information content (AvgIpc) is 2.44. The second-order valence-electron chi connectivity index (χ2n) is 3.87. The molecule has 118 valence electrons. The quantitative estimate of drug-likeness (QED) is 0.463. The topological polar surface area (TPSA) is 150 Å². The van der Waals surface area contributed by atoms with Crippen LogP contribution in [-0.4, -0.2) is 52.7 Å². The van der Waals surface area contributed by atoms with Gasteiger partial charge in [0.1, 0.15) is 6.04 Å². The number of sulfonamides is 2. The van der Waals surface area contributed by atoms with Crippen LogP contribution in [0.4, 0.5) is 0 Å². The molecule has 0 aliphatic carbocycles. The Hall–Kier alpha value is -1.53. The van der Waals surface area contributed by atoms with Gasteiger partial charge in [-0.25, -0.2) is 21.6 Å². The maximum Gasteiger partial charge on any atom is 0.324 e. The van der Waals surface area contributed by atoms with Crippen LogP contribution >= 0.6 is 0 Å². The fourth-order valence-corrected chi connectivity index (χ4v) is 3.25. The zero-order valence-electron chi connectivity index (χ0n) is 10.8. The van der Waals surface area contributed by atoms with Gasteiger partial charge in [-0.2, -0.15) is 4.72 Å². The Morgan fingerprint density at radius 1 is 1.10 bits per heavy atom. The molecule has 0 saturated carbocycles. The molecule has 0 unspecified atom stereocenters. The monoisotopic (exact) mass is 338 g/mol. The first-order valence-electron chi connectivity index (χ1n) is 5.53. The molecule has 0 spiro atoms. The van der Waals surface area contributed by atoms with E-state index in [9.17, 15) is 21.6 Å². The second-order valence-corrected chi connectivity index (χ2v) is 7.47. The molecule has 0 aliphatic heterocycles.